The van der Waals surface area contributed by atoms with Crippen molar-refractivity contribution < 1.29 is 4.79 Å². The number of hydrogen-bond donors (Lipinski definition) is 2. The van der Waals surface area contributed by atoms with Gasteiger partial charge in [-0.1, -0.05) is 12.1 Å². The van der Waals surface area contributed by atoms with Crippen molar-refractivity contribution in [3.63, 3.8) is 0 Å². The van der Waals surface area contributed by atoms with Crippen molar-refractivity contribution in [2.24, 2.45) is 5.73 Å². The SMILES string of the molecule is CCN(CCN)C(=O)Nc1cccc(C)c1. The number of nitrogens with one attached hydrogen (secondary N) is 1. The molecule has 0 aliphatic heterocycles. The summed E-state index contributed by atoms with van der Waals surface area (Å²) >= 11 is 0. The first-order valence-corrected chi connectivity index (χ1v) is 5.50. The van der Waals surface area contributed by atoms with E-state index in [1.54, 1.807) is 4.90 Å². The van der Waals surface area contributed by atoms with Crippen LogP contribution in [0.1, 0.15) is 12.5 Å². The molecule has 0 aromatic heterocycles. The van der Waals surface area contributed by atoms with Gasteiger partial charge in [0.1, 0.15) is 0 Å². The van der Waals surface area contributed by atoms with Gasteiger partial charge in [-0.3, -0.25) is 0 Å². The van der Waals surface area contributed by atoms with Gasteiger partial charge < -0.3 is 16.0 Å². The Labute approximate surface area is 96.4 Å². The van der Waals surface area contributed by atoms with Gasteiger partial charge in [-0.25, -0.2) is 4.79 Å². The Hall–Kier alpha value is -1.55. The summed E-state index contributed by atoms with van der Waals surface area (Å²) in [6, 6.07) is 7.63. The molecule has 2 amide bonds. The number of anilines is 1. The molecule has 3 N–H and O–H groups in total. The van der Waals surface area contributed by atoms with E-state index in [1.165, 1.54) is 0 Å². The Balaban J connectivity index is 2.62. The van der Waals surface area contributed by atoms with Gasteiger partial charge in [0.15, 0.2) is 0 Å². The van der Waals surface area contributed by atoms with E-state index in [4.69, 9.17) is 5.73 Å². The maximum absolute atomic E-state index is 11.8. The third-order valence-electron chi connectivity index (χ3n) is 2.34. The number of likely N-dealkylation sites (N-methyl/N-ethyl adjacent to an activating group) is 1. The van der Waals surface area contributed by atoms with Gasteiger partial charge in [0.2, 0.25) is 0 Å². The van der Waals surface area contributed by atoms with Crippen LogP contribution in [0, 0.1) is 6.92 Å². The highest BCUT2D eigenvalue weighted by Crippen LogP contribution is 2.10. The van der Waals surface area contributed by atoms with Gasteiger partial charge in [0.05, 0.1) is 0 Å². The second-order valence-electron chi connectivity index (χ2n) is 3.67. The Kier molecular flexibility index (Phi) is 4.79. The van der Waals surface area contributed by atoms with Gasteiger partial charge in [-0.15, -0.1) is 0 Å². The number of aryl methyl sites for hydroxylation is 1. The van der Waals surface area contributed by atoms with Crippen molar-refractivity contribution in [3.8, 4) is 0 Å². The molecule has 88 valence electrons. The standard InChI is InChI=1S/C12H19N3O/c1-3-15(8-7-13)12(16)14-11-6-4-5-10(2)9-11/h4-6,9H,3,7-8,13H2,1-2H3,(H,14,16). The number of amides is 2. The molecule has 0 atom stereocenters. The van der Waals surface area contributed by atoms with Crippen LogP contribution in [0.4, 0.5) is 10.5 Å². The van der Waals surface area contributed by atoms with Gasteiger partial charge in [0, 0.05) is 25.3 Å². The van der Waals surface area contributed by atoms with Crippen LogP contribution >= 0.6 is 0 Å². The van der Waals surface area contributed by atoms with Crippen molar-refractivity contribution in [2.75, 3.05) is 25.0 Å². The summed E-state index contributed by atoms with van der Waals surface area (Å²) in [4.78, 5) is 13.5. The van der Waals surface area contributed by atoms with Gasteiger partial charge in [0.25, 0.3) is 0 Å². The van der Waals surface area contributed by atoms with Gasteiger partial charge in [-0.2, -0.15) is 0 Å². The highest BCUT2D eigenvalue weighted by atomic mass is 16.2. The van der Waals surface area contributed by atoms with E-state index in [0.29, 0.717) is 19.6 Å². The second-order valence-corrected chi connectivity index (χ2v) is 3.67. The fourth-order valence-corrected chi connectivity index (χ4v) is 1.48. The van der Waals surface area contributed by atoms with Crippen LogP contribution in [0.2, 0.25) is 0 Å². The molecule has 0 bridgehead atoms. The summed E-state index contributed by atoms with van der Waals surface area (Å²) in [5.74, 6) is 0. The lowest BCUT2D eigenvalue weighted by molar-refractivity contribution is 0.216. The summed E-state index contributed by atoms with van der Waals surface area (Å²) in [6.45, 7) is 5.65. The van der Waals surface area contributed by atoms with Crippen LogP contribution < -0.4 is 11.1 Å². The molecular weight excluding hydrogens is 202 g/mol. The third-order valence-corrected chi connectivity index (χ3v) is 2.34. The lowest BCUT2D eigenvalue weighted by Crippen LogP contribution is -2.38. The Morgan fingerprint density at radius 2 is 2.25 bits per heavy atom. The minimum atomic E-state index is -0.0986. The number of nitrogens with zero attached hydrogens (tertiary/aromatic N) is 1. The van der Waals surface area contributed by atoms with E-state index < -0.39 is 0 Å². The molecule has 4 nitrogen and oxygen atoms in total. The minimum Gasteiger partial charge on any atom is -0.329 e. The number of urea groups is 1. The largest absolute Gasteiger partial charge is 0.329 e. The number of benzene rings is 1. The summed E-state index contributed by atoms with van der Waals surface area (Å²) in [7, 11) is 0. The smallest absolute Gasteiger partial charge is 0.321 e. The molecule has 1 rings (SSSR count). The Bertz CT molecular complexity index is 352. The van der Waals surface area contributed by atoms with Crippen LogP contribution in [-0.2, 0) is 0 Å². The molecule has 1 aromatic carbocycles. The zero-order chi connectivity index (χ0) is 12.0. The number of rotatable bonds is 4. The normalized spacial score (nSPS) is 9.94. The van der Waals surface area contributed by atoms with Gasteiger partial charge in [-0.05, 0) is 31.5 Å². The average molecular weight is 221 g/mol. The fourth-order valence-electron chi connectivity index (χ4n) is 1.48. The predicted molar refractivity (Wildman–Crippen MR) is 66.5 cm³/mol. The molecule has 0 aliphatic rings. The molecule has 0 saturated carbocycles. The summed E-state index contributed by atoms with van der Waals surface area (Å²) in [5.41, 5.74) is 7.38. The van der Waals surface area contributed by atoms with E-state index >= 15 is 0 Å². The molecule has 0 spiro atoms. The lowest BCUT2D eigenvalue weighted by Gasteiger charge is -2.20. The van der Waals surface area contributed by atoms with Crippen LogP contribution in [0.15, 0.2) is 24.3 Å². The van der Waals surface area contributed by atoms with Gasteiger partial charge >= 0.3 is 6.03 Å². The summed E-state index contributed by atoms with van der Waals surface area (Å²) in [5, 5.41) is 2.85. The zero-order valence-electron chi connectivity index (χ0n) is 9.86. The van der Waals surface area contributed by atoms with Crippen molar-refractivity contribution in [3.05, 3.63) is 29.8 Å². The Morgan fingerprint density at radius 3 is 2.81 bits per heavy atom. The monoisotopic (exact) mass is 221 g/mol. The van der Waals surface area contributed by atoms with E-state index in [9.17, 15) is 4.79 Å². The van der Waals surface area contributed by atoms with Crippen LogP contribution in [-0.4, -0.2) is 30.6 Å². The molecule has 0 heterocycles. The number of carbonyl (C=O) groups is 1. The van der Waals surface area contributed by atoms with Crippen LogP contribution in [0.25, 0.3) is 0 Å². The molecule has 4 heteroatoms. The molecular formula is C12H19N3O. The molecule has 0 fully saturated rings. The van der Waals surface area contributed by atoms with E-state index in [1.807, 2.05) is 38.1 Å². The van der Waals surface area contributed by atoms with Crippen LogP contribution in [0.5, 0.6) is 0 Å². The second kappa shape index (κ2) is 6.12. The molecule has 1 aromatic rings. The maximum Gasteiger partial charge on any atom is 0.321 e. The quantitative estimate of drug-likeness (QED) is 0.814. The topological polar surface area (TPSA) is 58.4 Å². The first-order valence-electron chi connectivity index (χ1n) is 5.50. The highest BCUT2D eigenvalue weighted by molar-refractivity contribution is 5.89. The van der Waals surface area contributed by atoms with Crippen molar-refractivity contribution in [2.45, 2.75) is 13.8 Å². The lowest BCUT2D eigenvalue weighted by atomic mass is 10.2. The van der Waals surface area contributed by atoms with Crippen molar-refractivity contribution in [1.82, 2.24) is 4.90 Å². The maximum atomic E-state index is 11.8. The number of nitrogens with two attached hydrogens (primary N) is 1. The van der Waals surface area contributed by atoms with Crippen LogP contribution in [0.3, 0.4) is 0 Å². The molecule has 0 radical (unpaired) electrons. The first kappa shape index (κ1) is 12.5. The first-order chi connectivity index (χ1) is 7.67. The summed E-state index contributed by atoms with van der Waals surface area (Å²) in [6.07, 6.45) is 0. The minimum absolute atomic E-state index is 0.0986. The highest BCUT2D eigenvalue weighted by Gasteiger charge is 2.09. The average Bonchev–Trinajstić information content (AvgIpc) is 2.25. The molecule has 0 unspecified atom stereocenters. The fraction of sp³-hybridized carbons (Fsp3) is 0.417. The number of hydrogen-bond acceptors (Lipinski definition) is 2. The molecule has 16 heavy (non-hydrogen) atoms. The number of carbonyl (C=O) groups excluding carboxylic acids is 1. The predicted octanol–water partition coefficient (Wildman–Crippen LogP) is 1.81. The molecule has 0 aliphatic carbocycles. The van der Waals surface area contributed by atoms with E-state index in [0.717, 1.165) is 11.3 Å². The Morgan fingerprint density at radius 1 is 1.50 bits per heavy atom. The zero-order valence-corrected chi connectivity index (χ0v) is 9.86. The summed E-state index contributed by atoms with van der Waals surface area (Å²) < 4.78 is 0. The van der Waals surface area contributed by atoms with E-state index in [2.05, 4.69) is 5.32 Å². The van der Waals surface area contributed by atoms with Crippen molar-refractivity contribution in [1.29, 1.82) is 0 Å². The third kappa shape index (κ3) is 3.55. The van der Waals surface area contributed by atoms with Crippen molar-refractivity contribution >= 4 is 11.7 Å². The van der Waals surface area contributed by atoms with E-state index in [-0.39, 0.29) is 6.03 Å². The molecule has 0 saturated heterocycles.